The summed E-state index contributed by atoms with van der Waals surface area (Å²) in [5, 5.41) is 3.45. The summed E-state index contributed by atoms with van der Waals surface area (Å²) in [6, 6.07) is 4.92. The third kappa shape index (κ3) is 2.60. The molecule has 16 heavy (non-hydrogen) atoms. The molecule has 0 aromatic heterocycles. The fourth-order valence-corrected chi connectivity index (χ4v) is 1.95. The van der Waals surface area contributed by atoms with E-state index in [1.165, 1.54) is 6.07 Å². The second-order valence-electron chi connectivity index (χ2n) is 4.79. The molecule has 1 saturated heterocycles. The number of hydrogen-bond donors (Lipinski definition) is 1. The number of halogens is 1. The lowest BCUT2D eigenvalue weighted by molar-refractivity contribution is 0.171. The quantitative estimate of drug-likeness (QED) is 0.849. The molecule has 0 amide bonds. The highest BCUT2D eigenvalue weighted by atomic mass is 19.1. The van der Waals surface area contributed by atoms with Crippen molar-refractivity contribution in [3.05, 3.63) is 35.1 Å². The molecular weight excluding hydrogens is 205 g/mol. The molecule has 1 aromatic carbocycles. The maximum atomic E-state index is 13.1. The summed E-state index contributed by atoms with van der Waals surface area (Å²) in [5.74, 6) is -0.171. The van der Waals surface area contributed by atoms with Gasteiger partial charge in [0.25, 0.3) is 0 Å². The molecule has 1 heterocycles. The number of ether oxygens (including phenoxy) is 1. The normalized spacial score (nSPS) is 24.9. The van der Waals surface area contributed by atoms with Gasteiger partial charge in [-0.25, -0.2) is 4.39 Å². The first-order valence-electron chi connectivity index (χ1n) is 5.67. The Hall–Kier alpha value is -0.930. The smallest absolute Gasteiger partial charge is 0.123 e. The molecule has 88 valence electrons. The lowest BCUT2D eigenvalue weighted by Gasteiger charge is -2.24. The van der Waals surface area contributed by atoms with Crippen molar-refractivity contribution >= 4 is 0 Å². The highest BCUT2D eigenvalue weighted by molar-refractivity contribution is 5.26. The molecule has 1 fully saturated rings. The van der Waals surface area contributed by atoms with Crippen LogP contribution in [0.5, 0.6) is 0 Å². The molecule has 0 spiro atoms. The summed E-state index contributed by atoms with van der Waals surface area (Å²) in [7, 11) is 0. The summed E-state index contributed by atoms with van der Waals surface area (Å²) >= 11 is 0. The minimum atomic E-state index is -0.171. The van der Waals surface area contributed by atoms with Crippen LogP contribution in [0, 0.1) is 12.7 Å². The molecule has 2 rings (SSSR count). The van der Waals surface area contributed by atoms with E-state index >= 15 is 0 Å². The summed E-state index contributed by atoms with van der Waals surface area (Å²) in [6.07, 6.45) is 1.02. The van der Waals surface area contributed by atoms with Gasteiger partial charge in [-0.3, -0.25) is 0 Å². The van der Waals surface area contributed by atoms with Crippen LogP contribution < -0.4 is 5.32 Å². The first-order chi connectivity index (χ1) is 7.59. The third-order valence-corrected chi connectivity index (χ3v) is 3.24. The Labute approximate surface area is 95.8 Å². The zero-order chi connectivity index (χ0) is 11.6. The summed E-state index contributed by atoms with van der Waals surface area (Å²) in [6.45, 7) is 6.40. The molecule has 1 aliphatic heterocycles. The van der Waals surface area contributed by atoms with Crippen molar-refractivity contribution in [2.75, 3.05) is 13.2 Å². The van der Waals surface area contributed by atoms with Crippen molar-refractivity contribution in [1.82, 2.24) is 5.32 Å². The Morgan fingerprint density at radius 2 is 2.31 bits per heavy atom. The monoisotopic (exact) mass is 223 g/mol. The van der Waals surface area contributed by atoms with Gasteiger partial charge in [0, 0.05) is 18.7 Å². The molecule has 1 unspecified atom stereocenters. The van der Waals surface area contributed by atoms with Crippen LogP contribution in [0.25, 0.3) is 0 Å². The first kappa shape index (κ1) is 11.6. The van der Waals surface area contributed by atoms with E-state index in [-0.39, 0.29) is 11.4 Å². The van der Waals surface area contributed by atoms with Crippen LogP contribution in [0.15, 0.2) is 18.2 Å². The molecule has 0 bridgehead atoms. The Kier molecular flexibility index (Phi) is 3.26. The topological polar surface area (TPSA) is 21.3 Å². The SMILES string of the molecule is Cc1ccc(F)cc1CNC1(C)CCOC1. The van der Waals surface area contributed by atoms with Crippen LogP contribution in [0.1, 0.15) is 24.5 Å². The van der Waals surface area contributed by atoms with E-state index in [2.05, 4.69) is 12.2 Å². The predicted octanol–water partition coefficient (Wildman–Crippen LogP) is 2.40. The lowest BCUT2D eigenvalue weighted by Crippen LogP contribution is -2.42. The number of nitrogens with one attached hydrogen (secondary N) is 1. The molecular formula is C13H18FNO. The zero-order valence-electron chi connectivity index (χ0n) is 9.85. The van der Waals surface area contributed by atoms with Gasteiger partial charge >= 0.3 is 0 Å². The van der Waals surface area contributed by atoms with Crippen LogP contribution in [-0.4, -0.2) is 18.8 Å². The average Bonchev–Trinajstić information content (AvgIpc) is 2.67. The van der Waals surface area contributed by atoms with Crippen LogP contribution in [0.3, 0.4) is 0 Å². The van der Waals surface area contributed by atoms with Crippen molar-refractivity contribution in [2.24, 2.45) is 0 Å². The molecule has 3 heteroatoms. The van der Waals surface area contributed by atoms with Crippen molar-refractivity contribution < 1.29 is 9.13 Å². The Bertz CT molecular complexity index is 372. The van der Waals surface area contributed by atoms with Crippen molar-refractivity contribution in [3.63, 3.8) is 0 Å². The number of hydrogen-bond acceptors (Lipinski definition) is 2. The zero-order valence-corrected chi connectivity index (χ0v) is 9.85. The van der Waals surface area contributed by atoms with Crippen LogP contribution >= 0.6 is 0 Å². The van der Waals surface area contributed by atoms with Gasteiger partial charge in [-0.05, 0) is 43.5 Å². The maximum absolute atomic E-state index is 13.1. The predicted molar refractivity (Wildman–Crippen MR) is 61.8 cm³/mol. The first-order valence-corrected chi connectivity index (χ1v) is 5.67. The van der Waals surface area contributed by atoms with E-state index in [1.54, 1.807) is 6.07 Å². The van der Waals surface area contributed by atoms with Gasteiger partial charge in [0.2, 0.25) is 0 Å². The number of rotatable bonds is 3. The summed E-state index contributed by atoms with van der Waals surface area (Å²) in [5.41, 5.74) is 2.18. The molecule has 1 aliphatic rings. The molecule has 0 saturated carbocycles. The lowest BCUT2D eigenvalue weighted by atomic mass is 10.0. The van der Waals surface area contributed by atoms with Gasteiger partial charge in [-0.2, -0.15) is 0 Å². The molecule has 1 N–H and O–H groups in total. The average molecular weight is 223 g/mol. The standard InChI is InChI=1S/C13H18FNO/c1-10-3-4-12(14)7-11(10)8-15-13(2)5-6-16-9-13/h3-4,7,15H,5-6,8-9H2,1-2H3. The van der Waals surface area contributed by atoms with Gasteiger partial charge in [-0.15, -0.1) is 0 Å². The second-order valence-corrected chi connectivity index (χ2v) is 4.79. The maximum Gasteiger partial charge on any atom is 0.123 e. The van der Waals surface area contributed by atoms with Gasteiger partial charge < -0.3 is 10.1 Å². The van der Waals surface area contributed by atoms with E-state index in [0.29, 0.717) is 6.54 Å². The van der Waals surface area contributed by atoms with E-state index in [9.17, 15) is 4.39 Å². The molecule has 0 aliphatic carbocycles. The highest BCUT2D eigenvalue weighted by Gasteiger charge is 2.28. The van der Waals surface area contributed by atoms with E-state index < -0.39 is 0 Å². The van der Waals surface area contributed by atoms with Gasteiger partial charge in [0.1, 0.15) is 5.82 Å². The molecule has 1 aromatic rings. The van der Waals surface area contributed by atoms with Crippen LogP contribution in [0.4, 0.5) is 4.39 Å². The van der Waals surface area contributed by atoms with Crippen molar-refractivity contribution in [3.8, 4) is 0 Å². The Morgan fingerprint density at radius 1 is 1.50 bits per heavy atom. The molecule has 0 radical (unpaired) electrons. The summed E-state index contributed by atoms with van der Waals surface area (Å²) < 4.78 is 18.5. The van der Waals surface area contributed by atoms with Crippen LogP contribution in [-0.2, 0) is 11.3 Å². The van der Waals surface area contributed by atoms with Crippen LogP contribution in [0.2, 0.25) is 0 Å². The fourth-order valence-electron chi connectivity index (χ4n) is 1.95. The second kappa shape index (κ2) is 4.52. The molecule has 2 nitrogen and oxygen atoms in total. The largest absolute Gasteiger partial charge is 0.379 e. The van der Waals surface area contributed by atoms with Crippen molar-refractivity contribution in [1.29, 1.82) is 0 Å². The highest BCUT2D eigenvalue weighted by Crippen LogP contribution is 2.19. The minimum Gasteiger partial charge on any atom is -0.379 e. The Balaban J connectivity index is 2.01. The van der Waals surface area contributed by atoms with Gasteiger partial charge in [0.15, 0.2) is 0 Å². The summed E-state index contributed by atoms with van der Waals surface area (Å²) in [4.78, 5) is 0. The molecule has 1 atom stereocenters. The Morgan fingerprint density at radius 3 is 3.00 bits per heavy atom. The van der Waals surface area contributed by atoms with E-state index in [1.807, 2.05) is 13.0 Å². The van der Waals surface area contributed by atoms with Crippen molar-refractivity contribution in [2.45, 2.75) is 32.4 Å². The number of aryl methyl sites for hydroxylation is 1. The number of benzene rings is 1. The fraction of sp³-hybridized carbons (Fsp3) is 0.538. The van der Waals surface area contributed by atoms with Gasteiger partial charge in [0.05, 0.1) is 6.61 Å². The van der Waals surface area contributed by atoms with Gasteiger partial charge in [-0.1, -0.05) is 6.07 Å². The van der Waals surface area contributed by atoms with E-state index in [4.69, 9.17) is 4.74 Å². The third-order valence-electron chi connectivity index (χ3n) is 3.24. The minimum absolute atomic E-state index is 0.0404. The van der Waals surface area contributed by atoms with E-state index in [0.717, 1.165) is 30.8 Å².